The number of carbonyl (C=O) groups excluding carboxylic acids is 1. The summed E-state index contributed by atoms with van der Waals surface area (Å²) in [6.45, 7) is 1.40. The number of aromatic nitrogens is 2. The average molecular weight is 342 g/mol. The van der Waals surface area contributed by atoms with E-state index < -0.39 is 0 Å². The second-order valence-electron chi connectivity index (χ2n) is 5.26. The van der Waals surface area contributed by atoms with Crippen molar-refractivity contribution in [3.8, 4) is 11.4 Å². The van der Waals surface area contributed by atoms with E-state index in [1.54, 1.807) is 11.3 Å². The van der Waals surface area contributed by atoms with Gasteiger partial charge in [0.1, 0.15) is 0 Å². The molecule has 3 heterocycles. The van der Waals surface area contributed by atoms with Gasteiger partial charge in [-0.25, -0.2) is 4.79 Å². The lowest BCUT2D eigenvalue weighted by molar-refractivity contribution is 0.207. The van der Waals surface area contributed by atoms with Crippen LogP contribution in [0, 0.1) is 0 Å². The van der Waals surface area contributed by atoms with Crippen LogP contribution in [0.5, 0.6) is 0 Å². The summed E-state index contributed by atoms with van der Waals surface area (Å²) in [5, 5.41) is 5.48. The molecule has 1 aliphatic rings. The molecule has 1 aliphatic heterocycles. The van der Waals surface area contributed by atoms with E-state index in [1.807, 2.05) is 35.2 Å². The van der Waals surface area contributed by atoms with Crippen molar-refractivity contribution in [2.75, 3.05) is 11.9 Å². The van der Waals surface area contributed by atoms with Gasteiger partial charge < -0.3 is 4.90 Å². The fraction of sp³-hybridized carbons (Fsp3) is 0.188. The molecule has 5 nitrogen and oxygen atoms in total. The summed E-state index contributed by atoms with van der Waals surface area (Å²) in [6, 6.07) is 11.7. The Kier molecular flexibility index (Phi) is 3.80. The van der Waals surface area contributed by atoms with Crippen molar-refractivity contribution >= 4 is 34.0 Å². The molecular formula is C16H14N4OS2. The van der Waals surface area contributed by atoms with Gasteiger partial charge in [0.2, 0.25) is 5.13 Å². The first-order valence-electron chi connectivity index (χ1n) is 7.30. The molecule has 1 aromatic carbocycles. The van der Waals surface area contributed by atoms with Crippen molar-refractivity contribution in [2.45, 2.75) is 13.0 Å². The largest absolute Gasteiger partial charge is 0.323 e. The molecule has 0 radical (unpaired) electrons. The number of urea groups is 1. The SMILES string of the molecule is O=C(Nc1nc(-c2ccccc2)ns1)N1CCc2sccc2C1. The Morgan fingerprint density at radius 2 is 2.09 bits per heavy atom. The maximum Gasteiger partial charge on any atom is 0.323 e. The lowest BCUT2D eigenvalue weighted by Gasteiger charge is -2.26. The normalized spacial score (nSPS) is 13.7. The van der Waals surface area contributed by atoms with Crippen LogP contribution in [0.4, 0.5) is 9.93 Å². The zero-order valence-electron chi connectivity index (χ0n) is 12.2. The number of hydrogen-bond donors (Lipinski definition) is 1. The van der Waals surface area contributed by atoms with Crippen molar-refractivity contribution in [1.82, 2.24) is 14.3 Å². The molecule has 1 N–H and O–H groups in total. The molecule has 0 bridgehead atoms. The van der Waals surface area contributed by atoms with Crippen LogP contribution in [0.25, 0.3) is 11.4 Å². The Morgan fingerprint density at radius 3 is 2.96 bits per heavy atom. The summed E-state index contributed by atoms with van der Waals surface area (Å²) in [5.41, 5.74) is 2.20. The molecule has 0 atom stereocenters. The zero-order chi connectivity index (χ0) is 15.6. The van der Waals surface area contributed by atoms with Crippen molar-refractivity contribution in [3.63, 3.8) is 0 Å². The highest BCUT2D eigenvalue weighted by Crippen LogP contribution is 2.25. The monoisotopic (exact) mass is 342 g/mol. The quantitative estimate of drug-likeness (QED) is 0.769. The van der Waals surface area contributed by atoms with E-state index in [0.29, 0.717) is 17.5 Å². The van der Waals surface area contributed by atoms with E-state index in [2.05, 4.69) is 26.1 Å². The fourth-order valence-electron chi connectivity index (χ4n) is 2.57. The Bertz CT molecular complexity index is 827. The summed E-state index contributed by atoms with van der Waals surface area (Å²) in [5.74, 6) is 0.643. The van der Waals surface area contributed by atoms with Gasteiger partial charge in [-0.1, -0.05) is 30.3 Å². The first kappa shape index (κ1) is 14.3. The number of hydrogen-bond acceptors (Lipinski definition) is 5. The van der Waals surface area contributed by atoms with Crippen LogP contribution >= 0.6 is 22.9 Å². The van der Waals surface area contributed by atoms with Crippen LogP contribution in [0.15, 0.2) is 41.8 Å². The highest BCUT2D eigenvalue weighted by molar-refractivity contribution is 7.10. The minimum Gasteiger partial charge on any atom is -0.320 e. The van der Waals surface area contributed by atoms with Gasteiger partial charge in [-0.05, 0) is 23.4 Å². The zero-order valence-corrected chi connectivity index (χ0v) is 13.9. The molecule has 3 aromatic rings. The van der Waals surface area contributed by atoms with Crippen molar-refractivity contribution in [2.24, 2.45) is 0 Å². The summed E-state index contributed by atoms with van der Waals surface area (Å²) >= 11 is 2.97. The van der Waals surface area contributed by atoms with E-state index in [-0.39, 0.29) is 6.03 Å². The number of carbonyl (C=O) groups is 1. The van der Waals surface area contributed by atoms with E-state index in [1.165, 1.54) is 22.0 Å². The molecule has 23 heavy (non-hydrogen) atoms. The highest BCUT2D eigenvalue weighted by Gasteiger charge is 2.22. The Balaban J connectivity index is 1.45. The molecule has 2 amide bonds. The number of benzene rings is 1. The van der Waals surface area contributed by atoms with Gasteiger partial charge >= 0.3 is 6.03 Å². The molecule has 0 unspecified atom stereocenters. The Hall–Kier alpha value is -2.25. The molecule has 2 aromatic heterocycles. The highest BCUT2D eigenvalue weighted by atomic mass is 32.1. The molecule has 7 heteroatoms. The van der Waals surface area contributed by atoms with Crippen LogP contribution in [0.3, 0.4) is 0 Å². The Morgan fingerprint density at radius 1 is 1.22 bits per heavy atom. The van der Waals surface area contributed by atoms with Gasteiger partial charge in [0.05, 0.1) is 0 Å². The average Bonchev–Trinajstić information content (AvgIpc) is 3.24. The Labute approximate surface area is 141 Å². The number of thiophene rings is 1. The molecule has 0 saturated heterocycles. The second kappa shape index (κ2) is 6.10. The standard InChI is InChI=1S/C16H14N4OS2/c21-16(20-8-6-13-12(10-20)7-9-22-13)18-15-17-14(19-23-15)11-4-2-1-3-5-11/h1-5,7,9H,6,8,10H2,(H,17,18,19,21). The molecule has 0 aliphatic carbocycles. The second-order valence-corrected chi connectivity index (χ2v) is 7.01. The minimum atomic E-state index is -0.113. The third kappa shape index (κ3) is 2.97. The van der Waals surface area contributed by atoms with Crippen LogP contribution in [0.1, 0.15) is 10.4 Å². The number of nitrogens with one attached hydrogen (secondary N) is 1. The summed E-state index contributed by atoms with van der Waals surface area (Å²) in [7, 11) is 0. The summed E-state index contributed by atoms with van der Waals surface area (Å²) < 4.78 is 4.31. The number of rotatable bonds is 2. The fourth-order valence-corrected chi connectivity index (χ4v) is 4.04. The number of anilines is 1. The van der Waals surface area contributed by atoms with Gasteiger partial charge in [-0.15, -0.1) is 11.3 Å². The van der Waals surface area contributed by atoms with Crippen molar-refractivity contribution < 1.29 is 4.79 Å². The summed E-state index contributed by atoms with van der Waals surface area (Å²) in [4.78, 5) is 20.0. The number of amides is 2. The van der Waals surface area contributed by atoms with Gasteiger partial charge in [-0.2, -0.15) is 9.36 Å². The molecule has 0 fully saturated rings. The first-order valence-corrected chi connectivity index (χ1v) is 8.95. The van der Waals surface area contributed by atoms with Gasteiger partial charge in [0, 0.05) is 35.1 Å². The minimum absolute atomic E-state index is 0.113. The molecular weight excluding hydrogens is 328 g/mol. The third-order valence-electron chi connectivity index (χ3n) is 3.77. The van der Waals surface area contributed by atoms with Crippen LogP contribution in [-0.2, 0) is 13.0 Å². The maximum absolute atomic E-state index is 12.4. The van der Waals surface area contributed by atoms with E-state index in [0.717, 1.165) is 18.5 Å². The van der Waals surface area contributed by atoms with Crippen LogP contribution < -0.4 is 5.32 Å². The van der Waals surface area contributed by atoms with Crippen molar-refractivity contribution in [1.29, 1.82) is 0 Å². The number of nitrogens with zero attached hydrogens (tertiary/aromatic N) is 3. The van der Waals surface area contributed by atoms with E-state index >= 15 is 0 Å². The lowest BCUT2D eigenvalue weighted by Crippen LogP contribution is -2.38. The molecule has 0 saturated carbocycles. The predicted octanol–water partition coefficient (Wildman–Crippen LogP) is 3.86. The van der Waals surface area contributed by atoms with Crippen LogP contribution in [-0.4, -0.2) is 26.8 Å². The van der Waals surface area contributed by atoms with Gasteiger partial charge in [-0.3, -0.25) is 5.32 Å². The third-order valence-corrected chi connectivity index (χ3v) is 5.42. The first-order chi connectivity index (χ1) is 11.3. The summed E-state index contributed by atoms with van der Waals surface area (Å²) in [6.07, 6.45) is 0.922. The van der Waals surface area contributed by atoms with E-state index in [9.17, 15) is 4.79 Å². The predicted molar refractivity (Wildman–Crippen MR) is 92.8 cm³/mol. The lowest BCUT2D eigenvalue weighted by atomic mass is 10.1. The van der Waals surface area contributed by atoms with Crippen LogP contribution in [0.2, 0.25) is 0 Å². The van der Waals surface area contributed by atoms with Gasteiger partial charge in [0.25, 0.3) is 0 Å². The van der Waals surface area contributed by atoms with Crippen molar-refractivity contribution in [3.05, 3.63) is 52.2 Å². The molecule has 0 spiro atoms. The number of fused-ring (bicyclic) bond motifs is 1. The van der Waals surface area contributed by atoms with Gasteiger partial charge in [0.15, 0.2) is 5.82 Å². The molecule has 116 valence electrons. The smallest absolute Gasteiger partial charge is 0.320 e. The maximum atomic E-state index is 12.4. The molecule has 4 rings (SSSR count). The van der Waals surface area contributed by atoms with E-state index in [4.69, 9.17) is 0 Å². The topological polar surface area (TPSA) is 58.1 Å².